The summed E-state index contributed by atoms with van der Waals surface area (Å²) in [6.07, 6.45) is 0. The highest BCUT2D eigenvalue weighted by Gasteiger charge is 2.16. The molecule has 5 nitrogen and oxygen atoms in total. The van der Waals surface area contributed by atoms with E-state index in [9.17, 15) is 14.5 Å². The molecule has 0 radical (unpaired) electrons. The van der Waals surface area contributed by atoms with Crippen molar-refractivity contribution in [2.45, 2.75) is 0 Å². The molecule has 0 bridgehead atoms. The SMILES string of the molecule is CNCCNc1cc(F)c(I)cc1[N+](=O)[O-]. The van der Waals surface area contributed by atoms with Crippen LogP contribution >= 0.6 is 22.6 Å². The summed E-state index contributed by atoms with van der Waals surface area (Å²) in [5.41, 5.74) is 0.0973. The minimum absolute atomic E-state index is 0.109. The monoisotopic (exact) mass is 339 g/mol. The van der Waals surface area contributed by atoms with Crippen molar-refractivity contribution >= 4 is 34.0 Å². The van der Waals surface area contributed by atoms with Crippen molar-refractivity contribution in [2.24, 2.45) is 0 Å². The Morgan fingerprint density at radius 1 is 1.50 bits per heavy atom. The van der Waals surface area contributed by atoms with Gasteiger partial charge in [-0.05, 0) is 29.6 Å². The molecule has 0 aromatic heterocycles. The second kappa shape index (κ2) is 5.94. The summed E-state index contributed by atoms with van der Waals surface area (Å²) in [5, 5.41) is 16.4. The van der Waals surface area contributed by atoms with E-state index in [0.29, 0.717) is 13.1 Å². The number of anilines is 1. The van der Waals surface area contributed by atoms with E-state index in [2.05, 4.69) is 10.6 Å². The number of nitro groups is 1. The van der Waals surface area contributed by atoms with Crippen LogP contribution in [0.2, 0.25) is 0 Å². The average molecular weight is 339 g/mol. The van der Waals surface area contributed by atoms with Gasteiger partial charge in [-0.2, -0.15) is 0 Å². The summed E-state index contributed by atoms with van der Waals surface area (Å²) in [5.74, 6) is -0.460. The molecule has 2 N–H and O–H groups in total. The van der Waals surface area contributed by atoms with Crippen LogP contribution < -0.4 is 10.6 Å². The molecule has 0 saturated heterocycles. The highest BCUT2D eigenvalue weighted by Crippen LogP contribution is 2.28. The maximum Gasteiger partial charge on any atom is 0.293 e. The second-order valence-corrected chi connectivity index (χ2v) is 4.23. The summed E-state index contributed by atoms with van der Waals surface area (Å²) in [7, 11) is 1.77. The molecule has 0 unspecified atom stereocenters. The summed E-state index contributed by atoms with van der Waals surface area (Å²) in [6, 6.07) is 2.37. The number of halogens is 2. The van der Waals surface area contributed by atoms with Crippen molar-refractivity contribution in [2.75, 3.05) is 25.5 Å². The van der Waals surface area contributed by atoms with Crippen LogP contribution in [0.3, 0.4) is 0 Å². The molecule has 1 aromatic rings. The standard InChI is InChI=1S/C9H11FIN3O2/c1-12-2-3-13-8-4-6(10)7(11)5-9(8)14(15)16/h4-5,12-13H,2-3H2,1H3. The van der Waals surface area contributed by atoms with Crippen LogP contribution in [-0.4, -0.2) is 25.1 Å². The van der Waals surface area contributed by atoms with Gasteiger partial charge in [-0.25, -0.2) is 4.39 Å². The first-order chi connectivity index (χ1) is 7.56. The Labute approximate surface area is 106 Å². The van der Waals surface area contributed by atoms with Crippen LogP contribution in [0.25, 0.3) is 0 Å². The fourth-order valence-corrected chi connectivity index (χ4v) is 1.60. The molecule has 0 aliphatic heterocycles. The molecule has 0 saturated carbocycles. The zero-order valence-corrected chi connectivity index (χ0v) is 10.7. The van der Waals surface area contributed by atoms with E-state index in [-0.39, 0.29) is 14.9 Å². The van der Waals surface area contributed by atoms with Gasteiger partial charge >= 0.3 is 0 Å². The van der Waals surface area contributed by atoms with E-state index < -0.39 is 10.7 Å². The van der Waals surface area contributed by atoms with Crippen molar-refractivity contribution in [3.8, 4) is 0 Å². The molecule has 16 heavy (non-hydrogen) atoms. The van der Waals surface area contributed by atoms with Crippen LogP contribution in [0.15, 0.2) is 12.1 Å². The van der Waals surface area contributed by atoms with E-state index in [0.717, 1.165) is 6.07 Å². The van der Waals surface area contributed by atoms with Gasteiger partial charge in [0.2, 0.25) is 0 Å². The van der Waals surface area contributed by atoms with E-state index in [1.165, 1.54) is 6.07 Å². The first kappa shape index (κ1) is 13.1. The van der Waals surface area contributed by atoms with Gasteiger partial charge < -0.3 is 10.6 Å². The molecular formula is C9H11FIN3O2. The third-order valence-corrected chi connectivity index (χ3v) is 2.75. The fourth-order valence-electron chi connectivity index (χ4n) is 1.15. The highest BCUT2D eigenvalue weighted by molar-refractivity contribution is 14.1. The van der Waals surface area contributed by atoms with Gasteiger partial charge in [0.05, 0.1) is 8.49 Å². The zero-order chi connectivity index (χ0) is 12.1. The Morgan fingerprint density at radius 2 is 2.19 bits per heavy atom. The maximum atomic E-state index is 13.2. The number of likely N-dealkylation sites (N-methyl/N-ethyl adjacent to an activating group) is 1. The van der Waals surface area contributed by atoms with Gasteiger partial charge in [0.25, 0.3) is 5.69 Å². The average Bonchev–Trinajstić information content (AvgIpc) is 2.23. The van der Waals surface area contributed by atoms with Crippen LogP contribution in [-0.2, 0) is 0 Å². The Bertz CT molecular complexity index is 401. The van der Waals surface area contributed by atoms with Crippen LogP contribution in [0.4, 0.5) is 15.8 Å². The number of benzene rings is 1. The minimum atomic E-state index is -0.524. The van der Waals surface area contributed by atoms with E-state index in [4.69, 9.17) is 0 Å². The number of hydrogen-bond donors (Lipinski definition) is 2. The quantitative estimate of drug-likeness (QED) is 0.373. The topological polar surface area (TPSA) is 67.2 Å². The number of hydrogen-bond acceptors (Lipinski definition) is 4. The van der Waals surface area contributed by atoms with E-state index in [1.807, 2.05) is 0 Å². The summed E-state index contributed by atoms with van der Waals surface area (Å²) in [6.45, 7) is 1.14. The van der Waals surface area contributed by atoms with Gasteiger partial charge in [-0.1, -0.05) is 0 Å². The molecular weight excluding hydrogens is 328 g/mol. The van der Waals surface area contributed by atoms with Crippen LogP contribution in [0.1, 0.15) is 0 Å². The molecule has 0 aliphatic carbocycles. The lowest BCUT2D eigenvalue weighted by Crippen LogP contribution is -2.18. The molecule has 0 heterocycles. The fraction of sp³-hybridized carbons (Fsp3) is 0.333. The normalized spacial score (nSPS) is 10.2. The van der Waals surface area contributed by atoms with Crippen molar-refractivity contribution in [1.82, 2.24) is 5.32 Å². The van der Waals surface area contributed by atoms with Gasteiger partial charge in [0.1, 0.15) is 11.5 Å². The largest absolute Gasteiger partial charge is 0.378 e. The minimum Gasteiger partial charge on any atom is -0.378 e. The van der Waals surface area contributed by atoms with Gasteiger partial charge in [0, 0.05) is 25.2 Å². The van der Waals surface area contributed by atoms with Crippen LogP contribution in [0, 0.1) is 19.5 Å². The Balaban J connectivity index is 2.95. The van der Waals surface area contributed by atoms with Crippen LogP contribution in [0.5, 0.6) is 0 Å². The molecule has 0 fully saturated rings. The first-order valence-corrected chi connectivity index (χ1v) is 5.66. The van der Waals surface area contributed by atoms with Crippen molar-refractivity contribution < 1.29 is 9.31 Å². The van der Waals surface area contributed by atoms with E-state index >= 15 is 0 Å². The maximum absolute atomic E-state index is 13.2. The molecule has 0 spiro atoms. The third-order valence-electron chi connectivity index (χ3n) is 1.93. The predicted octanol–water partition coefficient (Wildman–Crippen LogP) is 1.97. The summed E-state index contributed by atoms with van der Waals surface area (Å²) in [4.78, 5) is 10.2. The lowest BCUT2D eigenvalue weighted by Gasteiger charge is -2.07. The first-order valence-electron chi connectivity index (χ1n) is 4.58. The van der Waals surface area contributed by atoms with Crippen molar-refractivity contribution in [3.63, 3.8) is 0 Å². The highest BCUT2D eigenvalue weighted by atomic mass is 127. The van der Waals surface area contributed by atoms with Crippen molar-refractivity contribution in [1.29, 1.82) is 0 Å². The number of rotatable bonds is 5. The lowest BCUT2D eigenvalue weighted by atomic mass is 10.2. The molecule has 0 aliphatic rings. The smallest absolute Gasteiger partial charge is 0.293 e. The molecule has 1 rings (SSSR count). The lowest BCUT2D eigenvalue weighted by molar-refractivity contribution is -0.384. The van der Waals surface area contributed by atoms with Crippen molar-refractivity contribution in [3.05, 3.63) is 31.6 Å². The Hall–Kier alpha value is -0.960. The Kier molecular flexibility index (Phi) is 4.87. The molecule has 7 heteroatoms. The number of nitrogens with zero attached hydrogens (tertiary/aromatic N) is 1. The molecule has 0 amide bonds. The molecule has 0 atom stereocenters. The Morgan fingerprint density at radius 3 is 2.75 bits per heavy atom. The van der Waals surface area contributed by atoms with E-state index in [1.54, 1.807) is 29.6 Å². The van der Waals surface area contributed by atoms with Gasteiger partial charge in [-0.3, -0.25) is 10.1 Å². The molecule has 1 aromatic carbocycles. The number of nitrogens with one attached hydrogen (secondary N) is 2. The molecule has 88 valence electrons. The summed E-state index contributed by atoms with van der Waals surface area (Å²) >= 11 is 1.73. The predicted molar refractivity (Wildman–Crippen MR) is 68.2 cm³/mol. The van der Waals surface area contributed by atoms with Gasteiger partial charge in [0.15, 0.2) is 0 Å². The third kappa shape index (κ3) is 3.27. The zero-order valence-electron chi connectivity index (χ0n) is 8.59. The second-order valence-electron chi connectivity index (χ2n) is 3.07. The summed E-state index contributed by atoms with van der Waals surface area (Å²) < 4.78 is 13.5. The number of nitro benzene ring substituents is 1. The van der Waals surface area contributed by atoms with Gasteiger partial charge in [-0.15, -0.1) is 0 Å².